The van der Waals surface area contributed by atoms with Gasteiger partial charge in [-0.3, -0.25) is 15.1 Å². The molecule has 0 aliphatic rings. The Morgan fingerprint density at radius 1 is 1.30 bits per heavy atom. The molecule has 0 fully saturated rings. The maximum absolute atomic E-state index is 11.7. The molecule has 0 saturated heterocycles. The van der Waals surface area contributed by atoms with Crippen molar-refractivity contribution in [3.05, 3.63) is 36.0 Å². The van der Waals surface area contributed by atoms with Gasteiger partial charge in [0.2, 0.25) is 5.91 Å². The topological polar surface area (TPSA) is 63.2 Å². The van der Waals surface area contributed by atoms with Crippen LogP contribution in [0.1, 0.15) is 32.3 Å². The normalized spacial score (nSPS) is 11.0. The van der Waals surface area contributed by atoms with Crippen molar-refractivity contribution in [1.29, 1.82) is 0 Å². The van der Waals surface area contributed by atoms with E-state index >= 15 is 0 Å². The average Bonchev–Trinajstić information content (AvgIpc) is 2.51. The van der Waals surface area contributed by atoms with Crippen LogP contribution in [0.25, 0.3) is 10.9 Å². The first-order valence-corrected chi connectivity index (χ1v) is 8.04. The minimum Gasteiger partial charge on any atom is -0.493 e. The molecule has 0 aliphatic heterocycles. The van der Waals surface area contributed by atoms with E-state index in [1.165, 1.54) is 5.56 Å². The monoisotopic (exact) mass is 315 g/mol. The van der Waals surface area contributed by atoms with Crippen LogP contribution in [0.2, 0.25) is 0 Å². The number of pyridine rings is 1. The van der Waals surface area contributed by atoms with E-state index in [-0.39, 0.29) is 5.91 Å². The summed E-state index contributed by atoms with van der Waals surface area (Å²) in [6.07, 6.45) is 2.90. The summed E-state index contributed by atoms with van der Waals surface area (Å²) < 4.78 is 5.82. The van der Waals surface area contributed by atoms with E-state index in [0.717, 1.165) is 16.7 Å². The summed E-state index contributed by atoms with van der Waals surface area (Å²) in [7, 11) is 0. The number of fused-ring (bicyclic) bond motifs is 1. The van der Waals surface area contributed by atoms with Gasteiger partial charge in [0, 0.05) is 24.0 Å². The summed E-state index contributed by atoms with van der Waals surface area (Å²) in [4.78, 5) is 16.0. The maximum Gasteiger partial charge on any atom is 0.221 e. The van der Waals surface area contributed by atoms with Gasteiger partial charge in [-0.15, -0.1) is 0 Å². The van der Waals surface area contributed by atoms with Crippen LogP contribution in [0, 0.1) is 6.92 Å². The second-order valence-corrected chi connectivity index (χ2v) is 5.92. The van der Waals surface area contributed by atoms with Crippen molar-refractivity contribution in [3.8, 4) is 5.75 Å². The summed E-state index contributed by atoms with van der Waals surface area (Å²) in [5.41, 5.74) is 2.11. The van der Waals surface area contributed by atoms with Crippen LogP contribution in [0.4, 0.5) is 0 Å². The van der Waals surface area contributed by atoms with Crippen LogP contribution in [0.5, 0.6) is 5.75 Å². The first-order valence-electron chi connectivity index (χ1n) is 8.04. The van der Waals surface area contributed by atoms with Crippen molar-refractivity contribution in [2.24, 2.45) is 0 Å². The van der Waals surface area contributed by atoms with Crippen molar-refractivity contribution >= 4 is 16.8 Å². The molecule has 23 heavy (non-hydrogen) atoms. The Bertz CT molecular complexity index is 656. The van der Waals surface area contributed by atoms with Crippen LogP contribution in [-0.2, 0) is 4.79 Å². The predicted molar refractivity (Wildman–Crippen MR) is 92.5 cm³/mol. The van der Waals surface area contributed by atoms with Gasteiger partial charge in [-0.05, 0) is 51.0 Å². The van der Waals surface area contributed by atoms with Crippen molar-refractivity contribution in [3.63, 3.8) is 0 Å². The fourth-order valence-corrected chi connectivity index (χ4v) is 2.21. The van der Waals surface area contributed by atoms with Crippen LogP contribution in [0.3, 0.4) is 0 Å². The summed E-state index contributed by atoms with van der Waals surface area (Å²) in [5, 5.41) is 6.98. The molecule has 2 rings (SSSR count). The van der Waals surface area contributed by atoms with Crippen molar-refractivity contribution in [1.82, 2.24) is 15.6 Å². The molecule has 124 valence electrons. The summed E-state index contributed by atoms with van der Waals surface area (Å²) in [6, 6.07) is 8.34. The van der Waals surface area contributed by atoms with Crippen LogP contribution in [-0.4, -0.2) is 30.2 Å². The highest BCUT2D eigenvalue weighted by molar-refractivity contribution is 5.85. The van der Waals surface area contributed by atoms with Gasteiger partial charge in [0.05, 0.1) is 18.8 Å². The molecule has 0 bridgehead atoms. The Hall–Kier alpha value is -2.14. The lowest BCUT2D eigenvalue weighted by molar-refractivity contribution is -0.121. The van der Waals surface area contributed by atoms with Gasteiger partial charge in [0.15, 0.2) is 0 Å². The molecular weight excluding hydrogens is 290 g/mol. The van der Waals surface area contributed by atoms with Crippen LogP contribution in [0.15, 0.2) is 30.5 Å². The number of carbonyl (C=O) groups excluding carboxylic acids is 1. The van der Waals surface area contributed by atoms with Gasteiger partial charge < -0.3 is 10.1 Å². The fourth-order valence-electron chi connectivity index (χ4n) is 2.21. The van der Waals surface area contributed by atoms with E-state index in [2.05, 4.69) is 15.6 Å². The van der Waals surface area contributed by atoms with Gasteiger partial charge in [0.1, 0.15) is 5.75 Å². The molecule has 1 aromatic carbocycles. The Kier molecular flexibility index (Phi) is 6.35. The van der Waals surface area contributed by atoms with E-state index in [1.807, 2.05) is 45.0 Å². The summed E-state index contributed by atoms with van der Waals surface area (Å²) >= 11 is 0. The van der Waals surface area contributed by atoms with Gasteiger partial charge >= 0.3 is 0 Å². The molecule has 0 aliphatic carbocycles. The third kappa shape index (κ3) is 5.53. The summed E-state index contributed by atoms with van der Waals surface area (Å²) in [5.74, 6) is 0.855. The van der Waals surface area contributed by atoms with Crippen molar-refractivity contribution in [2.75, 3.05) is 13.3 Å². The van der Waals surface area contributed by atoms with Crippen molar-refractivity contribution < 1.29 is 9.53 Å². The Balaban J connectivity index is 1.77. The number of aromatic nitrogens is 1. The molecule has 2 N–H and O–H groups in total. The quantitative estimate of drug-likeness (QED) is 0.581. The number of amides is 1. The Labute approximate surface area is 137 Å². The zero-order valence-corrected chi connectivity index (χ0v) is 14.1. The number of nitrogens with one attached hydrogen (secondary N) is 2. The van der Waals surface area contributed by atoms with Crippen molar-refractivity contribution in [2.45, 2.75) is 39.7 Å². The molecule has 0 spiro atoms. The van der Waals surface area contributed by atoms with Gasteiger partial charge in [-0.25, -0.2) is 0 Å². The number of benzene rings is 1. The molecule has 1 amide bonds. The highest BCUT2D eigenvalue weighted by Gasteiger charge is 2.05. The molecule has 0 atom stereocenters. The molecule has 0 saturated carbocycles. The first kappa shape index (κ1) is 17.2. The van der Waals surface area contributed by atoms with Crippen LogP contribution >= 0.6 is 0 Å². The van der Waals surface area contributed by atoms with E-state index in [0.29, 0.717) is 32.2 Å². The maximum atomic E-state index is 11.7. The zero-order valence-electron chi connectivity index (χ0n) is 14.1. The van der Waals surface area contributed by atoms with Crippen LogP contribution < -0.4 is 15.4 Å². The van der Waals surface area contributed by atoms with E-state index in [4.69, 9.17) is 4.74 Å². The molecule has 1 aromatic heterocycles. The fraction of sp³-hybridized carbons (Fsp3) is 0.444. The Morgan fingerprint density at radius 2 is 2.13 bits per heavy atom. The lowest BCUT2D eigenvalue weighted by Gasteiger charge is -2.11. The molecule has 0 unspecified atom stereocenters. The molecule has 1 heterocycles. The number of hydrogen-bond acceptors (Lipinski definition) is 4. The summed E-state index contributed by atoms with van der Waals surface area (Å²) in [6.45, 7) is 7.15. The lowest BCUT2D eigenvalue weighted by Crippen LogP contribution is -2.37. The number of hydrogen-bond donors (Lipinski definition) is 2. The number of ether oxygens (including phenoxy) is 1. The number of carbonyl (C=O) groups is 1. The van der Waals surface area contributed by atoms with E-state index in [1.54, 1.807) is 6.20 Å². The minimum atomic E-state index is 0.0389. The molecule has 2 aromatic rings. The number of nitrogens with zero attached hydrogens (tertiary/aromatic N) is 1. The Morgan fingerprint density at radius 3 is 2.91 bits per heavy atom. The molecule has 5 heteroatoms. The van der Waals surface area contributed by atoms with Gasteiger partial charge in [-0.1, -0.05) is 6.07 Å². The smallest absolute Gasteiger partial charge is 0.221 e. The van der Waals surface area contributed by atoms with Gasteiger partial charge in [-0.2, -0.15) is 0 Å². The predicted octanol–water partition coefficient (Wildman–Crippen LogP) is 2.77. The number of rotatable bonds is 8. The SMILES string of the molecule is Cc1ccc2c(OCCCC(=O)NCNC(C)C)ccnc2c1. The highest BCUT2D eigenvalue weighted by Crippen LogP contribution is 2.24. The highest BCUT2D eigenvalue weighted by atomic mass is 16.5. The van der Waals surface area contributed by atoms with E-state index < -0.39 is 0 Å². The van der Waals surface area contributed by atoms with E-state index in [9.17, 15) is 4.79 Å². The van der Waals surface area contributed by atoms with Gasteiger partial charge in [0.25, 0.3) is 0 Å². The standard InChI is InChI=1S/C18H25N3O2/c1-13(2)20-12-21-18(22)5-4-10-23-17-8-9-19-16-11-14(3)6-7-15(16)17/h6-9,11,13,20H,4-5,10,12H2,1-3H3,(H,21,22). The minimum absolute atomic E-state index is 0.0389. The number of aryl methyl sites for hydroxylation is 1. The zero-order chi connectivity index (χ0) is 16.7. The first-order chi connectivity index (χ1) is 11.1. The molecule has 0 radical (unpaired) electrons. The third-order valence-electron chi connectivity index (χ3n) is 3.46. The molecule has 5 nitrogen and oxygen atoms in total. The second-order valence-electron chi connectivity index (χ2n) is 5.92. The molecular formula is C18H25N3O2. The lowest BCUT2D eigenvalue weighted by atomic mass is 10.1. The second kappa shape index (κ2) is 8.48. The average molecular weight is 315 g/mol. The largest absolute Gasteiger partial charge is 0.493 e. The third-order valence-corrected chi connectivity index (χ3v) is 3.46.